The van der Waals surface area contributed by atoms with Crippen LogP contribution in [0.15, 0.2) is 220 Å². The third-order valence-electron chi connectivity index (χ3n) is 12.1. The predicted octanol–water partition coefficient (Wildman–Crippen LogP) is 16.6. The van der Waals surface area contributed by atoms with Gasteiger partial charge in [0, 0.05) is 55.1 Å². The van der Waals surface area contributed by atoms with E-state index in [1.165, 1.54) is 0 Å². The predicted molar refractivity (Wildman–Crippen MR) is 253 cm³/mol. The molecule has 0 saturated heterocycles. The summed E-state index contributed by atoms with van der Waals surface area (Å²) in [6.07, 6.45) is 0. The lowest BCUT2D eigenvalue weighted by molar-refractivity contribution is 0.668. The average Bonchev–Trinajstić information content (AvgIpc) is 4.00. The Morgan fingerprint density at radius 3 is 1.15 bits per heavy atom. The van der Waals surface area contributed by atoms with Gasteiger partial charge in [0.05, 0.1) is 11.4 Å². The smallest absolute Gasteiger partial charge is 0.159 e. The Hall–Kier alpha value is -8.28. The van der Waals surface area contributed by atoms with E-state index in [4.69, 9.17) is 13.3 Å². The number of benzene rings is 10. The van der Waals surface area contributed by atoms with E-state index in [0.29, 0.717) is 0 Å². The van der Waals surface area contributed by atoms with Crippen molar-refractivity contribution in [1.82, 2.24) is 0 Å². The highest BCUT2D eigenvalue weighted by molar-refractivity contribution is 6.15. The SMILES string of the molecule is c1ccc(N(c2ccc3cc4oc5cc6ccc(N(c7ccccc7)c7cccc8c7oc7ccccc78)cc6cc5c4cc3c2)c2cccc3c2oc2ccccc23)cc1. The number of fused-ring (bicyclic) bond motifs is 11. The molecule has 13 aromatic rings. The molecule has 10 aromatic carbocycles. The van der Waals surface area contributed by atoms with E-state index in [9.17, 15) is 0 Å². The van der Waals surface area contributed by atoms with Crippen molar-refractivity contribution in [3.63, 3.8) is 0 Å². The van der Waals surface area contributed by atoms with Crippen LogP contribution < -0.4 is 9.80 Å². The van der Waals surface area contributed by atoms with Crippen LogP contribution in [0.25, 0.3) is 87.4 Å². The molecule has 3 heterocycles. The summed E-state index contributed by atoms with van der Waals surface area (Å²) >= 11 is 0. The minimum absolute atomic E-state index is 0.857. The standard InChI is InChI=1S/C56H34N2O3/c1-3-13-39(14-4-1)57(49-21-11-19-45-43-17-7-9-23-51(43)60-55(45)49)41-27-25-35-33-53-47(31-37(35)29-41)48-32-38-30-42(28-26-36(38)34-54(48)59-53)58(40-15-5-2-6-16-40)50-22-12-20-46-44-18-8-10-24-52(44)61-56(46)50/h1-34H. The van der Waals surface area contributed by atoms with Gasteiger partial charge in [-0.15, -0.1) is 0 Å². The molecule has 5 heteroatoms. The highest BCUT2D eigenvalue weighted by Crippen LogP contribution is 2.45. The first kappa shape index (κ1) is 33.7. The van der Waals surface area contributed by atoms with Crippen LogP contribution in [0, 0.1) is 0 Å². The first-order valence-electron chi connectivity index (χ1n) is 20.6. The summed E-state index contributed by atoms with van der Waals surface area (Å²) in [7, 11) is 0. The van der Waals surface area contributed by atoms with Gasteiger partial charge in [-0.05, 0) is 119 Å². The average molecular weight is 783 g/mol. The number of hydrogen-bond acceptors (Lipinski definition) is 5. The lowest BCUT2D eigenvalue weighted by Gasteiger charge is -2.26. The molecule has 0 atom stereocenters. The van der Waals surface area contributed by atoms with Crippen LogP contribution in [0.2, 0.25) is 0 Å². The van der Waals surface area contributed by atoms with Crippen molar-refractivity contribution in [2.24, 2.45) is 0 Å². The molecule has 61 heavy (non-hydrogen) atoms. The maximum atomic E-state index is 6.61. The minimum Gasteiger partial charge on any atom is -0.456 e. The van der Waals surface area contributed by atoms with E-state index in [1.54, 1.807) is 0 Å². The van der Waals surface area contributed by atoms with Crippen LogP contribution in [0.3, 0.4) is 0 Å². The molecule has 0 fully saturated rings. The highest BCUT2D eigenvalue weighted by Gasteiger charge is 2.22. The molecule has 0 N–H and O–H groups in total. The summed E-state index contributed by atoms with van der Waals surface area (Å²) in [6.45, 7) is 0. The Morgan fingerprint density at radius 2 is 0.672 bits per heavy atom. The molecule has 0 amide bonds. The molecule has 0 aliphatic carbocycles. The van der Waals surface area contributed by atoms with E-state index in [1.807, 2.05) is 24.3 Å². The summed E-state index contributed by atoms with van der Waals surface area (Å²) in [5.74, 6) is 0. The van der Waals surface area contributed by atoms with Gasteiger partial charge >= 0.3 is 0 Å². The van der Waals surface area contributed by atoms with Gasteiger partial charge in [-0.2, -0.15) is 0 Å². The quantitative estimate of drug-likeness (QED) is 0.168. The minimum atomic E-state index is 0.857. The van der Waals surface area contributed by atoms with Crippen molar-refractivity contribution in [2.75, 3.05) is 9.80 Å². The number of para-hydroxylation sites is 6. The highest BCUT2D eigenvalue weighted by atomic mass is 16.3. The van der Waals surface area contributed by atoms with Crippen molar-refractivity contribution in [1.29, 1.82) is 0 Å². The molecule has 0 saturated carbocycles. The number of furan rings is 3. The van der Waals surface area contributed by atoms with E-state index in [0.717, 1.165) is 121 Å². The van der Waals surface area contributed by atoms with Crippen molar-refractivity contribution in [2.45, 2.75) is 0 Å². The Bertz CT molecular complexity index is 3590. The Labute approximate surface area is 349 Å². The normalized spacial score (nSPS) is 11.9. The molecule has 0 radical (unpaired) electrons. The number of nitrogens with zero attached hydrogens (tertiary/aromatic N) is 2. The van der Waals surface area contributed by atoms with Gasteiger partial charge < -0.3 is 23.1 Å². The molecule has 0 bridgehead atoms. The van der Waals surface area contributed by atoms with E-state index in [2.05, 4.69) is 192 Å². The van der Waals surface area contributed by atoms with Crippen molar-refractivity contribution >= 4 is 121 Å². The molecule has 286 valence electrons. The van der Waals surface area contributed by atoms with Gasteiger partial charge in [-0.25, -0.2) is 0 Å². The monoisotopic (exact) mass is 782 g/mol. The van der Waals surface area contributed by atoms with Crippen molar-refractivity contribution in [3.8, 4) is 0 Å². The molecule has 0 aliphatic heterocycles. The fourth-order valence-corrected chi connectivity index (χ4v) is 9.34. The third-order valence-corrected chi connectivity index (χ3v) is 12.1. The van der Waals surface area contributed by atoms with Gasteiger partial charge in [-0.3, -0.25) is 0 Å². The summed E-state index contributed by atoms with van der Waals surface area (Å²) in [5.41, 5.74) is 11.3. The lowest BCUT2D eigenvalue weighted by atomic mass is 10.0. The molecule has 0 unspecified atom stereocenters. The van der Waals surface area contributed by atoms with Gasteiger partial charge in [-0.1, -0.05) is 109 Å². The summed E-state index contributed by atoms with van der Waals surface area (Å²) in [5, 5.41) is 11.0. The first-order chi connectivity index (χ1) is 30.2. The zero-order valence-corrected chi connectivity index (χ0v) is 32.7. The van der Waals surface area contributed by atoms with Crippen LogP contribution in [0.4, 0.5) is 34.1 Å². The van der Waals surface area contributed by atoms with Crippen molar-refractivity contribution < 1.29 is 13.3 Å². The Morgan fingerprint density at radius 1 is 0.246 bits per heavy atom. The maximum absolute atomic E-state index is 6.61. The second-order valence-corrected chi connectivity index (χ2v) is 15.7. The van der Waals surface area contributed by atoms with Gasteiger partial charge in [0.15, 0.2) is 11.2 Å². The van der Waals surface area contributed by atoms with Crippen LogP contribution in [-0.2, 0) is 0 Å². The molecule has 0 aliphatic rings. The van der Waals surface area contributed by atoms with Crippen LogP contribution >= 0.6 is 0 Å². The maximum Gasteiger partial charge on any atom is 0.159 e. The lowest BCUT2D eigenvalue weighted by Crippen LogP contribution is -2.10. The van der Waals surface area contributed by atoms with Gasteiger partial charge in [0.1, 0.15) is 22.3 Å². The number of rotatable bonds is 6. The molecule has 5 nitrogen and oxygen atoms in total. The molecular weight excluding hydrogens is 749 g/mol. The number of hydrogen-bond donors (Lipinski definition) is 0. The van der Waals surface area contributed by atoms with Gasteiger partial charge in [0.2, 0.25) is 0 Å². The molecule has 0 spiro atoms. The van der Waals surface area contributed by atoms with Crippen LogP contribution in [0.1, 0.15) is 0 Å². The largest absolute Gasteiger partial charge is 0.456 e. The van der Waals surface area contributed by atoms with E-state index < -0.39 is 0 Å². The zero-order chi connectivity index (χ0) is 40.0. The summed E-state index contributed by atoms with van der Waals surface area (Å²) in [4.78, 5) is 4.59. The topological polar surface area (TPSA) is 45.9 Å². The second kappa shape index (κ2) is 13.1. The van der Waals surface area contributed by atoms with Crippen molar-refractivity contribution in [3.05, 3.63) is 206 Å². The van der Waals surface area contributed by atoms with E-state index >= 15 is 0 Å². The molecule has 13 rings (SSSR count). The molecule has 3 aromatic heterocycles. The zero-order valence-electron chi connectivity index (χ0n) is 32.7. The fraction of sp³-hybridized carbons (Fsp3) is 0. The number of anilines is 6. The third kappa shape index (κ3) is 5.27. The molecular formula is C56H34N2O3. The second-order valence-electron chi connectivity index (χ2n) is 15.7. The summed E-state index contributed by atoms with van der Waals surface area (Å²) < 4.78 is 19.7. The Balaban J connectivity index is 0.968. The van der Waals surface area contributed by atoms with Gasteiger partial charge in [0.25, 0.3) is 0 Å². The van der Waals surface area contributed by atoms with Crippen LogP contribution in [-0.4, -0.2) is 0 Å². The first-order valence-corrected chi connectivity index (χ1v) is 20.6. The van der Waals surface area contributed by atoms with Crippen LogP contribution in [0.5, 0.6) is 0 Å². The fourth-order valence-electron chi connectivity index (χ4n) is 9.34. The summed E-state index contributed by atoms with van der Waals surface area (Å²) in [6, 6.07) is 72.5. The van der Waals surface area contributed by atoms with E-state index in [-0.39, 0.29) is 0 Å². The Kier molecular flexibility index (Phi) is 7.24.